The van der Waals surface area contributed by atoms with Gasteiger partial charge in [-0.05, 0) is 35.4 Å². The predicted octanol–water partition coefficient (Wildman–Crippen LogP) is 3.15. The van der Waals surface area contributed by atoms with E-state index in [0.717, 1.165) is 11.1 Å². The molecule has 3 aromatic carbocycles. The summed E-state index contributed by atoms with van der Waals surface area (Å²) < 4.78 is 19.5. The van der Waals surface area contributed by atoms with Crippen LogP contribution in [0.2, 0.25) is 0 Å². The smallest absolute Gasteiger partial charge is 0.326 e. The Bertz CT molecular complexity index is 1110. The van der Waals surface area contributed by atoms with Crippen molar-refractivity contribution in [2.24, 2.45) is 0 Å². The molecule has 1 amide bonds. The molecule has 2 N–H and O–H groups in total. The lowest BCUT2D eigenvalue weighted by molar-refractivity contribution is -0.157. The van der Waals surface area contributed by atoms with Gasteiger partial charge in [-0.25, -0.2) is 9.29 Å². The van der Waals surface area contributed by atoms with Crippen molar-refractivity contribution in [3.05, 3.63) is 102 Å². The third-order valence-electron chi connectivity index (χ3n) is 6.44. The number of hydrogen-bond acceptors (Lipinski definition) is 5. The highest BCUT2D eigenvalue weighted by molar-refractivity contribution is 5.96. The van der Waals surface area contributed by atoms with E-state index in [0.29, 0.717) is 31.6 Å². The first kappa shape index (κ1) is 22.3. The molecule has 2 atom stereocenters. The van der Waals surface area contributed by atoms with Crippen LogP contribution >= 0.6 is 0 Å². The molecule has 2 unspecified atom stereocenters. The molecule has 0 aromatic heterocycles. The Labute approximate surface area is 197 Å². The molecule has 2 fully saturated rings. The summed E-state index contributed by atoms with van der Waals surface area (Å²) in [7, 11) is 0. The normalized spacial score (nSPS) is 21.5. The number of fused-ring (bicyclic) bond motifs is 1. The van der Waals surface area contributed by atoms with Gasteiger partial charge in [0.1, 0.15) is 17.9 Å². The van der Waals surface area contributed by atoms with E-state index in [1.165, 1.54) is 24.3 Å². The van der Waals surface area contributed by atoms with Gasteiger partial charge in [-0.15, -0.1) is 0 Å². The number of carbonyl (C=O) groups is 2. The largest absolute Gasteiger partial charge is 0.442 e. The molecule has 6 nitrogen and oxygen atoms in total. The molecule has 0 bridgehead atoms. The summed E-state index contributed by atoms with van der Waals surface area (Å²) in [6, 6.07) is 24.1. The number of amides is 1. The van der Waals surface area contributed by atoms with E-state index < -0.39 is 17.8 Å². The lowest BCUT2D eigenvalue weighted by atomic mass is 9.91. The fourth-order valence-electron chi connectivity index (χ4n) is 4.97. The zero-order valence-corrected chi connectivity index (χ0v) is 18.6. The van der Waals surface area contributed by atoms with Gasteiger partial charge in [0, 0.05) is 31.6 Å². The van der Waals surface area contributed by atoms with E-state index in [-0.39, 0.29) is 17.7 Å². The van der Waals surface area contributed by atoms with Crippen molar-refractivity contribution in [3.63, 3.8) is 0 Å². The molecule has 0 saturated carbocycles. The van der Waals surface area contributed by atoms with E-state index in [9.17, 15) is 14.0 Å². The van der Waals surface area contributed by atoms with Crippen LogP contribution in [0.5, 0.6) is 0 Å². The Morgan fingerprint density at radius 2 is 1.53 bits per heavy atom. The van der Waals surface area contributed by atoms with Gasteiger partial charge in [0.25, 0.3) is 0 Å². The summed E-state index contributed by atoms with van der Waals surface area (Å²) in [5.74, 6) is -0.980. The second-order valence-corrected chi connectivity index (χ2v) is 8.79. The molecule has 2 aliphatic rings. The number of halogens is 1. The molecule has 5 rings (SSSR count). The molecular formula is C27H26FN3O3. The summed E-state index contributed by atoms with van der Waals surface area (Å²) in [5.41, 5.74) is 1.51. The van der Waals surface area contributed by atoms with Crippen LogP contribution < -0.4 is 10.6 Å². The van der Waals surface area contributed by atoms with Crippen LogP contribution in [0, 0.1) is 5.82 Å². The van der Waals surface area contributed by atoms with Crippen molar-refractivity contribution >= 4 is 17.6 Å². The number of nitrogens with one attached hydrogen (secondary N) is 2. The molecule has 0 spiro atoms. The first-order valence-electron chi connectivity index (χ1n) is 11.4. The quantitative estimate of drug-likeness (QED) is 0.555. The van der Waals surface area contributed by atoms with E-state index in [1.54, 1.807) is 0 Å². The Morgan fingerprint density at radius 3 is 2.12 bits per heavy atom. The molecule has 3 aromatic rings. The van der Waals surface area contributed by atoms with Crippen molar-refractivity contribution in [2.75, 3.05) is 18.4 Å². The summed E-state index contributed by atoms with van der Waals surface area (Å²) in [6.45, 7) is 0.774. The summed E-state index contributed by atoms with van der Waals surface area (Å²) >= 11 is 0. The molecule has 174 valence electrons. The lowest BCUT2D eigenvalue weighted by Gasteiger charge is -2.44. The number of piperazine rings is 1. The zero-order chi connectivity index (χ0) is 23.5. The van der Waals surface area contributed by atoms with Crippen LogP contribution in [-0.4, -0.2) is 47.7 Å². The van der Waals surface area contributed by atoms with Crippen molar-refractivity contribution < 1.29 is 18.7 Å². The van der Waals surface area contributed by atoms with Crippen molar-refractivity contribution in [1.82, 2.24) is 10.2 Å². The second kappa shape index (κ2) is 9.37. The summed E-state index contributed by atoms with van der Waals surface area (Å²) in [6.07, 6.45) is 0.899. The number of carbonyl (C=O) groups excluding carboxylic acids is 2. The maximum Gasteiger partial charge on any atom is 0.326 e. The fraction of sp³-hybridized carbons (Fsp3) is 0.259. The second-order valence-electron chi connectivity index (χ2n) is 8.79. The first-order chi connectivity index (χ1) is 16.5. The Balaban J connectivity index is 1.51. The third-order valence-corrected chi connectivity index (χ3v) is 6.44. The number of cyclic esters (lactones) is 1. The van der Waals surface area contributed by atoms with Gasteiger partial charge >= 0.3 is 5.97 Å². The fourth-order valence-corrected chi connectivity index (χ4v) is 4.97. The SMILES string of the molecule is O=C(Nc1ccc(F)cc1)C1CNCC2C(=O)OC(Cc3ccccc3)(Cc3ccccc3)N12. The average molecular weight is 460 g/mol. The number of rotatable bonds is 6. The van der Waals surface area contributed by atoms with Gasteiger partial charge in [-0.1, -0.05) is 60.7 Å². The Kier molecular flexibility index (Phi) is 6.13. The van der Waals surface area contributed by atoms with Gasteiger partial charge < -0.3 is 15.4 Å². The number of hydrogen-bond donors (Lipinski definition) is 2. The molecule has 2 aliphatic heterocycles. The minimum Gasteiger partial charge on any atom is -0.442 e. The topological polar surface area (TPSA) is 70.7 Å². The molecule has 34 heavy (non-hydrogen) atoms. The van der Waals surface area contributed by atoms with Gasteiger partial charge in [-0.2, -0.15) is 0 Å². The van der Waals surface area contributed by atoms with E-state index in [1.807, 2.05) is 65.6 Å². The average Bonchev–Trinajstić information content (AvgIpc) is 3.13. The highest BCUT2D eigenvalue weighted by Crippen LogP contribution is 2.38. The first-order valence-corrected chi connectivity index (χ1v) is 11.4. The maximum absolute atomic E-state index is 13.4. The maximum atomic E-state index is 13.4. The standard InChI is InChI=1S/C27H26FN3O3/c28-21-11-13-22(14-12-21)30-25(32)23-17-29-18-24-26(33)34-27(31(23)24,15-19-7-3-1-4-8-19)16-20-9-5-2-6-10-20/h1-14,23-24,29H,15-18H2,(H,30,32). The molecule has 7 heteroatoms. The van der Waals surface area contributed by atoms with Crippen LogP contribution in [0.15, 0.2) is 84.9 Å². The molecule has 0 radical (unpaired) electrons. The number of benzene rings is 3. The van der Waals surface area contributed by atoms with Gasteiger partial charge in [-0.3, -0.25) is 9.59 Å². The summed E-state index contributed by atoms with van der Waals surface area (Å²) in [4.78, 5) is 28.5. The highest BCUT2D eigenvalue weighted by Gasteiger charge is 2.58. The van der Waals surface area contributed by atoms with E-state index in [2.05, 4.69) is 10.6 Å². The molecule has 2 saturated heterocycles. The van der Waals surface area contributed by atoms with Gasteiger partial charge in [0.15, 0.2) is 5.72 Å². The van der Waals surface area contributed by atoms with Crippen LogP contribution in [-0.2, 0) is 27.2 Å². The Hall–Kier alpha value is -3.55. The molecule has 2 heterocycles. The molecular weight excluding hydrogens is 433 g/mol. The predicted molar refractivity (Wildman–Crippen MR) is 126 cm³/mol. The van der Waals surface area contributed by atoms with Crippen LogP contribution in [0.25, 0.3) is 0 Å². The molecule has 0 aliphatic carbocycles. The number of esters is 1. The van der Waals surface area contributed by atoms with Crippen LogP contribution in [0.4, 0.5) is 10.1 Å². The zero-order valence-electron chi connectivity index (χ0n) is 18.6. The van der Waals surface area contributed by atoms with E-state index >= 15 is 0 Å². The Morgan fingerprint density at radius 1 is 0.941 bits per heavy atom. The monoisotopic (exact) mass is 459 g/mol. The van der Waals surface area contributed by atoms with Crippen LogP contribution in [0.3, 0.4) is 0 Å². The lowest BCUT2D eigenvalue weighted by Crippen LogP contribution is -2.66. The minimum atomic E-state index is -1.02. The van der Waals surface area contributed by atoms with Crippen molar-refractivity contribution in [2.45, 2.75) is 30.7 Å². The summed E-state index contributed by atoms with van der Waals surface area (Å²) in [5, 5.41) is 6.09. The van der Waals surface area contributed by atoms with Crippen molar-refractivity contribution in [1.29, 1.82) is 0 Å². The van der Waals surface area contributed by atoms with Crippen molar-refractivity contribution in [3.8, 4) is 0 Å². The minimum absolute atomic E-state index is 0.271. The van der Waals surface area contributed by atoms with Crippen LogP contribution in [0.1, 0.15) is 11.1 Å². The van der Waals surface area contributed by atoms with E-state index in [4.69, 9.17) is 4.74 Å². The van der Waals surface area contributed by atoms with Gasteiger partial charge in [0.05, 0.1) is 0 Å². The highest BCUT2D eigenvalue weighted by atomic mass is 19.1. The number of anilines is 1. The number of nitrogens with zero attached hydrogens (tertiary/aromatic N) is 1. The third kappa shape index (κ3) is 4.44. The number of ether oxygens (including phenoxy) is 1. The van der Waals surface area contributed by atoms with Gasteiger partial charge in [0.2, 0.25) is 5.91 Å².